The molecule has 0 bridgehead atoms. The number of carboxylic acids is 1. The van der Waals surface area contributed by atoms with Gasteiger partial charge in [-0.1, -0.05) is 69.8 Å². The van der Waals surface area contributed by atoms with Crippen molar-refractivity contribution >= 4 is 5.97 Å². The largest absolute Gasteiger partial charge is 0.481 e. The number of allylic oxidation sites excluding steroid dienone is 3. The molecule has 0 saturated carbocycles. The lowest BCUT2D eigenvalue weighted by Gasteiger charge is -2.08. The summed E-state index contributed by atoms with van der Waals surface area (Å²) in [7, 11) is 0. The molecule has 0 heterocycles. The molecule has 1 atom stereocenters. The van der Waals surface area contributed by atoms with Crippen LogP contribution in [0.2, 0.25) is 0 Å². The third-order valence-electron chi connectivity index (χ3n) is 3.56. The SMILES string of the molecule is CCCCC/C=C/C=C/[C@H](CCCCCCCC(=O)O)OO. The van der Waals surface area contributed by atoms with Crippen LogP contribution in [0.1, 0.15) is 77.6 Å². The monoisotopic (exact) mass is 312 g/mol. The number of rotatable bonds is 15. The minimum absolute atomic E-state index is 0.251. The van der Waals surface area contributed by atoms with Crippen LogP contribution in [0.15, 0.2) is 24.3 Å². The molecule has 0 aliphatic carbocycles. The molecular formula is C18H32O4. The van der Waals surface area contributed by atoms with E-state index in [1.54, 1.807) is 0 Å². The van der Waals surface area contributed by atoms with Crippen LogP contribution in [0.25, 0.3) is 0 Å². The molecule has 22 heavy (non-hydrogen) atoms. The van der Waals surface area contributed by atoms with E-state index in [0.29, 0.717) is 0 Å². The molecule has 4 nitrogen and oxygen atoms in total. The first-order chi connectivity index (χ1) is 10.7. The van der Waals surface area contributed by atoms with Crippen molar-refractivity contribution in [1.82, 2.24) is 0 Å². The molecule has 2 N–H and O–H groups in total. The van der Waals surface area contributed by atoms with Crippen LogP contribution in [-0.2, 0) is 9.68 Å². The van der Waals surface area contributed by atoms with Crippen molar-refractivity contribution in [3.05, 3.63) is 24.3 Å². The summed E-state index contributed by atoms with van der Waals surface area (Å²) in [5.41, 5.74) is 0. The summed E-state index contributed by atoms with van der Waals surface area (Å²) in [4.78, 5) is 14.8. The molecule has 0 amide bonds. The van der Waals surface area contributed by atoms with Crippen LogP contribution >= 0.6 is 0 Å². The summed E-state index contributed by atoms with van der Waals surface area (Å²) < 4.78 is 0. The first-order valence-electron chi connectivity index (χ1n) is 8.56. The van der Waals surface area contributed by atoms with Gasteiger partial charge in [0.2, 0.25) is 0 Å². The second-order valence-electron chi connectivity index (χ2n) is 5.65. The molecule has 128 valence electrons. The predicted molar refractivity (Wildman–Crippen MR) is 89.9 cm³/mol. The van der Waals surface area contributed by atoms with Gasteiger partial charge < -0.3 is 5.11 Å². The van der Waals surface area contributed by atoms with Gasteiger partial charge >= 0.3 is 5.97 Å². The van der Waals surface area contributed by atoms with E-state index in [-0.39, 0.29) is 12.5 Å². The van der Waals surface area contributed by atoms with Crippen LogP contribution in [0.4, 0.5) is 0 Å². The highest BCUT2D eigenvalue weighted by molar-refractivity contribution is 5.66. The lowest BCUT2D eigenvalue weighted by Crippen LogP contribution is -2.06. The summed E-state index contributed by atoms with van der Waals surface area (Å²) >= 11 is 0. The molecule has 0 fully saturated rings. The Hall–Kier alpha value is -1.13. The van der Waals surface area contributed by atoms with E-state index in [1.807, 2.05) is 18.2 Å². The summed E-state index contributed by atoms with van der Waals surface area (Å²) in [5.74, 6) is -0.721. The maximum Gasteiger partial charge on any atom is 0.303 e. The first kappa shape index (κ1) is 20.9. The summed E-state index contributed by atoms with van der Waals surface area (Å²) in [5, 5.41) is 17.4. The highest BCUT2D eigenvalue weighted by Gasteiger charge is 2.03. The van der Waals surface area contributed by atoms with E-state index in [4.69, 9.17) is 10.4 Å². The number of carboxylic acid groups (broad SMARTS) is 1. The van der Waals surface area contributed by atoms with Crippen molar-refractivity contribution in [2.24, 2.45) is 0 Å². The van der Waals surface area contributed by atoms with Crippen molar-refractivity contribution < 1.29 is 20.0 Å². The first-order valence-corrected chi connectivity index (χ1v) is 8.56. The zero-order valence-corrected chi connectivity index (χ0v) is 13.9. The van der Waals surface area contributed by atoms with Gasteiger partial charge in [-0.3, -0.25) is 10.1 Å². The molecule has 0 aliphatic heterocycles. The third-order valence-corrected chi connectivity index (χ3v) is 3.56. The minimum Gasteiger partial charge on any atom is -0.481 e. The van der Waals surface area contributed by atoms with Gasteiger partial charge in [-0.25, -0.2) is 4.89 Å². The Morgan fingerprint density at radius 2 is 1.77 bits per heavy atom. The predicted octanol–water partition coefficient (Wildman–Crippen LogP) is 5.35. The lowest BCUT2D eigenvalue weighted by molar-refractivity contribution is -0.267. The van der Waals surface area contributed by atoms with E-state index < -0.39 is 5.97 Å². The Morgan fingerprint density at radius 3 is 2.45 bits per heavy atom. The Labute approximate surface area is 134 Å². The Balaban J connectivity index is 3.59. The molecule has 0 aliphatic rings. The topological polar surface area (TPSA) is 66.8 Å². The average molecular weight is 312 g/mol. The van der Waals surface area contributed by atoms with E-state index >= 15 is 0 Å². The molecule has 0 unspecified atom stereocenters. The van der Waals surface area contributed by atoms with Crippen LogP contribution in [0.5, 0.6) is 0 Å². The molecular weight excluding hydrogens is 280 g/mol. The van der Waals surface area contributed by atoms with Crippen molar-refractivity contribution in [3.63, 3.8) is 0 Å². The highest BCUT2D eigenvalue weighted by atomic mass is 17.1. The maximum absolute atomic E-state index is 10.4. The molecule has 0 radical (unpaired) electrons. The average Bonchev–Trinajstić information content (AvgIpc) is 2.50. The number of unbranched alkanes of at least 4 members (excludes halogenated alkanes) is 7. The summed E-state index contributed by atoms with van der Waals surface area (Å²) in [6.07, 6.45) is 18.3. The van der Waals surface area contributed by atoms with E-state index in [9.17, 15) is 4.79 Å². The summed E-state index contributed by atoms with van der Waals surface area (Å²) in [6.45, 7) is 2.19. The lowest BCUT2D eigenvalue weighted by atomic mass is 10.1. The number of hydrogen-bond donors (Lipinski definition) is 2. The van der Waals surface area contributed by atoms with Crippen molar-refractivity contribution in [2.45, 2.75) is 83.7 Å². The molecule has 4 heteroatoms. The van der Waals surface area contributed by atoms with Gasteiger partial charge in [-0.05, 0) is 25.7 Å². The number of aliphatic carboxylic acids is 1. The smallest absolute Gasteiger partial charge is 0.303 e. The van der Waals surface area contributed by atoms with E-state index in [0.717, 1.165) is 44.9 Å². The zero-order chi connectivity index (χ0) is 16.5. The normalized spacial score (nSPS) is 13.2. The second-order valence-corrected chi connectivity index (χ2v) is 5.65. The molecule has 0 aromatic heterocycles. The molecule has 0 rings (SSSR count). The van der Waals surface area contributed by atoms with Crippen molar-refractivity contribution in [2.75, 3.05) is 0 Å². The van der Waals surface area contributed by atoms with Crippen LogP contribution in [-0.4, -0.2) is 22.4 Å². The fourth-order valence-corrected chi connectivity index (χ4v) is 2.21. The Kier molecular flexibility index (Phi) is 15.4. The van der Waals surface area contributed by atoms with E-state index in [1.165, 1.54) is 19.3 Å². The van der Waals surface area contributed by atoms with Gasteiger partial charge in [-0.2, -0.15) is 0 Å². The fourth-order valence-electron chi connectivity index (χ4n) is 2.21. The highest BCUT2D eigenvalue weighted by Crippen LogP contribution is 2.11. The van der Waals surface area contributed by atoms with Crippen molar-refractivity contribution in [1.29, 1.82) is 0 Å². The quantitative estimate of drug-likeness (QED) is 0.185. The Morgan fingerprint density at radius 1 is 1.05 bits per heavy atom. The van der Waals surface area contributed by atoms with Gasteiger partial charge in [0.15, 0.2) is 0 Å². The summed E-state index contributed by atoms with van der Waals surface area (Å²) in [6, 6.07) is 0. The maximum atomic E-state index is 10.4. The molecule has 0 spiro atoms. The zero-order valence-electron chi connectivity index (χ0n) is 13.9. The third kappa shape index (κ3) is 15.3. The molecule has 0 aromatic carbocycles. The standard InChI is InChI=1S/C18H32O4/c1-2-3-4-5-6-8-11-14-17(22-21)15-12-9-7-10-13-16-18(19)20/h6,8,11,14,17,21H,2-5,7,9-10,12-13,15-16H2,1H3,(H,19,20)/b8-6+,14-11+/t17-/m1/s1. The van der Waals surface area contributed by atoms with Gasteiger partial charge in [0.05, 0.1) is 0 Å². The molecule has 0 aromatic rings. The van der Waals surface area contributed by atoms with Crippen LogP contribution in [0, 0.1) is 0 Å². The fraction of sp³-hybridized carbons (Fsp3) is 0.722. The second kappa shape index (κ2) is 16.2. The van der Waals surface area contributed by atoms with Crippen LogP contribution in [0.3, 0.4) is 0 Å². The Bertz CT molecular complexity index is 310. The molecule has 0 saturated heterocycles. The van der Waals surface area contributed by atoms with Gasteiger partial charge in [0.25, 0.3) is 0 Å². The minimum atomic E-state index is -0.721. The van der Waals surface area contributed by atoms with Gasteiger partial charge in [-0.15, -0.1) is 0 Å². The number of carbonyl (C=O) groups is 1. The number of hydrogen-bond acceptors (Lipinski definition) is 3. The van der Waals surface area contributed by atoms with Gasteiger partial charge in [0, 0.05) is 6.42 Å². The van der Waals surface area contributed by atoms with Crippen molar-refractivity contribution in [3.8, 4) is 0 Å². The van der Waals surface area contributed by atoms with Gasteiger partial charge in [0.1, 0.15) is 6.10 Å². The van der Waals surface area contributed by atoms with Crippen LogP contribution < -0.4 is 0 Å². The van der Waals surface area contributed by atoms with E-state index in [2.05, 4.69) is 17.9 Å².